The number of rotatable bonds is 8. The molecule has 1 aliphatic heterocycles. The van der Waals surface area contributed by atoms with Crippen molar-refractivity contribution in [1.29, 1.82) is 0 Å². The molecule has 172 valence electrons. The first-order valence-corrected chi connectivity index (χ1v) is 10.9. The minimum atomic E-state index is -0.537. The second-order valence-electron chi connectivity index (χ2n) is 7.45. The molecule has 0 bridgehead atoms. The Morgan fingerprint density at radius 3 is 2.18 bits per heavy atom. The van der Waals surface area contributed by atoms with E-state index in [9.17, 15) is 14.4 Å². The summed E-state index contributed by atoms with van der Waals surface area (Å²) >= 11 is 6.17. The van der Waals surface area contributed by atoms with E-state index in [-0.39, 0.29) is 17.3 Å². The Balaban J connectivity index is 1.38. The Bertz CT molecular complexity index is 1240. The van der Waals surface area contributed by atoms with Crippen LogP contribution in [0.5, 0.6) is 11.5 Å². The highest BCUT2D eigenvalue weighted by Gasteiger charge is 2.37. The van der Waals surface area contributed by atoms with Crippen LogP contribution in [0, 0.1) is 0 Å². The summed E-state index contributed by atoms with van der Waals surface area (Å²) in [5, 5.41) is 2.73. The predicted octanol–water partition coefficient (Wildman–Crippen LogP) is 4.39. The highest BCUT2D eigenvalue weighted by molar-refractivity contribution is 6.48. The molecule has 7 nitrogen and oxygen atoms in total. The molecule has 1 aliphatic rings. The fourth-order valence-electron chi connectivity index (χ4n) is 3.39. The molecule has 0 spiro atoms. The molecule has 8 heteroatoms. The molecule has 0 saturated carbocycles. The second kappa shape index (κ2) is 10.2. The lowest BCUT2D eigenvalue weighted by atomic mass is 10.1. The van der Waals surface area contributed by atoms with Crippen molar-refractivity contribution in [3.8, 4) is 11.5 Å². The van der Waals surface area contributed by atoms with Gasteiger partial charge in [-0.2, -0.15) is 0 Å². The highest BCUT2D eigenvalue weighted by atomic mass is 35.5. The van der Waals surface area contributed by atoms with Gasteiger partial charge < -0.3 is 14.8 Å². The summed E-state index contributed by atoms with van der Waals surface area (Å²) < 4.78 is 10.4. The number of anilines is 1. The van der Waals surface area contributed by atoms with Crippen molar-refractivity contribution < 1.29 is 23.9 Å². The van der Waals surface area contributed by atoms with Crippen LogP contribution in [0.2, 0.25) is 0 Å². The van der Waals surface area contributed by atoms with E-state index in [1.807, 2.05) is 30.3 Å². The number of benzene rings is 3. The van der Waals surface area contributed by atoms with Crippen molar-refractivity contribution in [3.05, 3.63) is 101 Å². The Hall–Kier alpha value is -4.10. The summed E-state index contributed by atoms with van der Waals surface area (Å²) in [6, 6.07) is 22.5. The van der Waals surface area contributed by atoms with E-state index in [1.165, 1.54) is 0 Å². The predicted molar refractivity (Wildman–Crippen MR) is 128 cm³/mol. The summed E-state index contributed by atoms with van der Waals surface area (Å²) in [7, 11) is 1.55. The van der Waals surface area contributed by atoms with Gasteiger partial charge in [0.05, 0.1) is 12.7 Å². The van der Waals surface area contributed by atoms with Crippen molar-refractivity contribution in [2.24, 2.45) is 0 Å². The summed E-state index contributed by atoms with van der Waals surface area (Å²) in [6.07, 6.45) is 0.529. The molecule has 1 N–H and O–H groups in total. The summed E-state index contributed by atoms with van der Waals surface area (Å²) in [5.74, 6) is -0.524. The molecule has 0 saturated heterocycles. The normalized spacial score (nSPS) is 13.3. The van der Waals surface area contributed by atoms with Crippen LogP contribution in [0.15, 0.2) is 89.6 Å². The number of hydrogen-bond acceptors (Lipinski definition) is 6. The maximum atomic E-state index is 12.8. The molecular weight excluding hydrogens is 456 g/mol. The smallest absolute Gasteiger partial charge is 0.343 e. The van der Waals surface area contributed by atoms with Crippen LogP contribution in [0.3, 0.4) is 0 Å². The van der Waals surface area contributed by atoms with Crippen LogP contribution >= 0.6 is 11.6 Å². The molecule has 1 heterocycles. The zero-order chi connectivity index (χ0) is 24.1. The van der Waals surface area contributed by atoms with Gasteiger partial charge in [-0.25, -0.2) is 4.79 Å². The third-order valence-electron chi connectivity index (χ3n) is 5.24. The molecule has 3 aromatic carbocycles. The van der Waals surface area contributed by atoms with E-state index in [4.69, 9.17) is 21.1 Å². The van der Waals surface area contributed by atoms with Crippen LogP contribution in [0.4, 0.5) is 5.69 Å². The van der Waals surface area contributed by atoms with Crippen LogP contribution in [0.25, 0.3) is 0 Å². The van der Waals surface area contributed by atoms with E-state index in [0.29, 0.717) is 29.2 Å². The number of hydrogen-bond donors (Lipinski definition) is 1. The van der Waals surface area contributed by atoms with Crippen LogP contribution in [-0.4, -0.2) is 36.3 Å². The van der Waals surface area contributed by atoms with Gasteiger partial charge in [0.25, 0.3) is 11.8 Å². The fraction of sp³-hybridized carbons (Fsp3) is 0.115. The molecule has 0 fully saturated rings. The standard InChI is InChI=1S/C26H21ClN2O5/c1-33-20-11-13-21(14-12-20)34-26(32)18-7-9-19(10-8-18)28-23-22(27)24(30)29(25(23)31)16-15-17-5-3-2-4-6-17/h2-14,28H,15-16H2,1H3. The van der Waals surface area contributed by atoms with Gasteiger partial charge in [-0.1, -0.05) is 41.9 Å². The first-order chi connectivity index (χ1) is 16.5. The number of esters is 1. The number of imide groups is 1. The molecule has 2 amide bonds. The molecule has 0 aliphatic carbocycles. The third-order valence-corrected chi connectivity index (χ3v) is 5.59. The number of nitrogens with one attached hydrogen (secondary N) is 1. The Morgan fingerprint density at radius 2 is 1.53 bits per heavy atom. The van der Waals surface area contributed by atoms with Crippen molar-refractivity contribution in [3.63, 3.8) is 0 Å². The number of amides is 2. The quantitative estimate of drug-likeness (QED) is 0.295. The lowest BCUT2D eigenvalue weighted by Gasteiger charge is -2.15. The number of methoxy groups -OCH3 is 1. The average Bonchev–Trinajstić information content (AvgIpc) is 3.07. The van der Waals surface area contributed by atoms with E-state index in [1.54, 1.807) is 55.6 Å². The van der Waals surface area contributed by atoms with Gasteiger partial charge in [0.1, 0.15) is 22.2 Å². The minimum Gasteiger partial charge on any atom is -0.497 e. The number of ether oxygens (including phenoxy) is 2. The maximum absolute atomic E-state index is 12.8. The Morgan fingerprint density at radius 1 is 0.882 bits per heavy atom. The second-order valence-corrected chi connectivity index (χ2v) is 7.83. The van der Waals surface area contributed by atoms with E-state index in [2.05, 4.69) is 5.32 Å². The maximum Gasteiger partial charge on any atom is 0.343 e. The summed E-state index contributed by atoms with van der Waals surface area (Å²) in [4.78, 5) is 38.8. The average molecular weight is 477 g/mol. The molecule has 34 heavy (non-hydrogen) atoms. The van der Waals surface area contributed by atoms with E-state index >= 15 is 0 Å². The van der Waals surface area contributed by atoms with Crippen LogP contribution in [-0.2, 0) is 16.0 Å². The Kier molecular flexibility index (Phi) is 6.94. The lowest BCUT2D eigenvalue weighted by Crippen LogP contribution is -2.34. The molecule has 0 radical (unpaired) electrons. The molecule has 0 atom stereocenters. The first-order valence-electron chi connectivity index (χ1n) is 10.5. The fourth-order valence-corrected chi connectivity index (χ4v) is 3.62. The minimum absolute atomic E-state index is 0.00767. The van der Waals surface area contributed by atoms with Gasteiger partial charge in [-0.3, -0.25) is 14.5 Å². The van der Waals surface area contributed by atoms with Gasteiger partial charge in [-0.15, -0.1) is 0 Å². The van der Waals surface area contributed by atoms with Gasteiger partial charge in [0.2, 0.25) is 0 Å². The van der Waals surface area contributed by atoms with Crippen molar-refractivity contribution in [2.75, 3.05) is 19.0 Å². The van der Waals surface area contributed by atoms with Crippen LogP contribution in [0.1, 0.15) is 15.9 Å². The van der Waals surface area contributed by atoms with Gasteiger partial charge in [0.15, 0.2) is 0 Å². The number of carbonyl (C=O) groups excluding carboxylic acids is 3. The zero-order valence-electron chi connectivity index (χ0n) is 18.3. The van der Waals surface area contributed by atoms with Gasteiger partial charge in [0, 0.05) is 12.2 Å². The van der Waals surface area contributed by atoms with Crippen LogP contribution < -0.4 is 14.8 Å². The molecule has 0 aromatic heterocycles. The lowest BCUT2D eigenvalue weighted by molar-refractivity contribution is -0.137. The largest absolute Gasteiger partial charge is 0.497 e. The van der Waals surface area contributed by atoms with Gasteiger partial charge >= 0.3 is 5.97 Å². The molecule has 4 rings (SSSR count). The highest BCUT2D eigenvalue weighted by Crippen LogP contribution is 2.26. The third kappa shape index (κ3) is 5.10. The van der Waals surface area contributed by atoms with Crippen molar-refractivity contribution in [2.45, 2.75) is 6.42 Å². The summed E-state index contributed by atoms with van der Waals surface area (Å²) in [5.41, 5.74) is 1.84. The Labute approximate surface area is 201 Å². The summed E-state index contributed by atoms with van der Waals surface area (Å²) in [6.45, 7) is 0.221. The zero-order valence-corrected chi connectivity index (χ0v) is 19.0. The van der Waals surface area contributed by atoms with E-state index in [0.717, 1.165) is 10.5 Å². The van der Waals surface area contributed by atoms with Crippen molar-refractivity contribution in [1.82, 2.24) is 4.90 Å². The number of nitrogens with zero attached hydrogens (tertiary/aromatic N) is 1. The monoisotopic (exact) mass is 476 g/mol. The first kappa shape index (κ1) is 23.1. The van der Waals surface area contributed by atoms with Crippen molar-refractivity contribution >= 4 is 35.1 Å². The molecular formula is C26H21ClN2O5. The number of carbonyl (C=O) groups is 3. The van der Waals surface area contributed by atoms with E-state index < -0.39 is 17.8 Å². The SMILES string of the molecule is COc1ccc(OC(=O)c2ccc(NC3=C(Cl)C(=O)N(CCc4ccccc4)C3=O)cc2)cc1. The number of halogens is 1. The molecule has 0 unspecified atom stereocenters. The molecule has 3 aromatic rings. The van der Waals surface area contributed by atoms with Gasteiger partial charge in [-0.05, 0) is 60.5 Å². The topological polar surface area (TPSA) is 84.9 Å².